The number of hydrogen-bond donors (Lipinski definition) is 2. The van der Waals surface area contributed by atoms with Crippen LogP contribution in [0.25, 0.3) is 0 Å². The predicted molar refractivity (Wildman–Crippen MR) is 117 cm³/mol. The van der Waals surface area contributed by atoms with E-state index in [1.54, 1.807) is 31.7 Å². The Kier molecular flexibility index (Phi) is 8.25. The zero-order chi connectivity index (χ0) is 18.2. The Balaban J connectivity index is 0.00000261. The van der Waals surface area contributed by atoms with Gasteiger partial charge in [0, 0.05) is 44.6 Å². The Morgan fingerprint density at radius 1 is 1.04 bits per heavy atom. The van der Waals surface area contributed by atoms with Crippen molar-refractivity contribution in [3.63, 3.8) is 0 Å². The van der Waals surface area contributed by atoms with Crippen LogP contribution in [0.4, 0.5) is 4.39 Å². The fourth-order valence-corrected chi connectivity index (χ4v) is 2.58. The summed E-state index contributed by atoms with van der Waals surface area (Å²) in [5, 5.41) is 6.37. The lowest BCUT2D eigenvalue weighted by Crippen LogP contribution is -2.36. The standard InChI is InChI=1S/C20H22FN5.HI/c1-22-20(25-13-18-4-2-3-5-19(18)21)24-12-16-6-8-17(9-7-16)14-26-11-10-23-15-26;/h2-11,15H,12-14H2,1H3,(H2,22,24,25);1H. The topological polar surface area (TPSA) is 54.2 Å². The van der Waals surface area contributed by atoms with Crippen LogP contribution in [0.2, 0.25) is 0 Å². The Morgan fingerprint density at radius 2 is 1.74 bits per heavy atom. The molecule has 0 radical (unpaired) electrons. The zero-order valence-corrected chi connectivity index (χ0v) is 17.4. The summed E-state index contributed by atoms with van der Waals surface area (Å²) in [5.74, 6) is 0.416. The van der Waals surface area contributed by atoms with Crippen LogP contribution in [0.15, 0.2) is 72.2 Å². The van der Waals surface area contributed by atoms with Gasteiger partial charge in [0.25, 0.3) is 0 Å². The third-order valence-corrected chi connectivity index (χ3v) is 4.03. The van der Waals surface area contributed by atoms with E-state index in [9.17, 15) is 4.39 Å². The van der Waals surface area contributed by atoms with E-state index >= 15 is 0 Å². The van der Waals surface area contributed by atoms with Gasteiger partial charge < -0.3 is 15.2 Å². The van der Waals surface area contributed by atoms with Crippen LogP contribution in [-0.2, 0) is 19.6 Å². The quantitative estimate of drug-likeness (QED) is 0.323. The summed E-state index contributed by atoms with van der Waals surface area (Å²) in [6.07, 6.45) is 5.53. The van der Waals surface area contributed by atoms with Crippen molar-refractivity contribution in [1.82, 2.24) is 20.2 Å². The molecule has 27 heavy (non-hydrogen) atoms. The van der Waals surface area contributed by atoms with E-state index in [-0.39, 0.29) is 29.8 Å². The number of nitrogens with zero attached hydrogens (tertiary/aromatic N) is 3. The molecule has 0 aliphatic carbocycles. The molecule has 1 aromatic heterocycles. The molecule has 0 fully saturated rings. The summed E-state index contributed by atoms with van der Waals surface area (Å²) in [4.78, 5) is 8.23. The van der Waals surface area contributed by atoms with Crippen LogP contribution in [0.5, 0.6) is 0 Å². The second-order valence-electron chi connectivity index (χ2n) is 5.92. The van der Waals surface area contributed by atoms with Crippen molar-refractivity contribution in [2.24, 2.45) is 4.99 Å². The van der Waals surface area contributed by atoms with Crippen LogP contribution in [-0.4, -0.2) is 22.6 Å². The molecule has 0 spiro atoms. The molecule has 2 N–H and O–H groups in total. The number of aromatic nitrogens is 2. The predicted octanol–water partition coefficient (Wildman–Crippen LogP) is 3.55. The molecule has 3 aromatic rings. The van der Waals surface area contributed by atoms with Crippen molar-refractivity contribution in [3.05, 3.63) is 89.8 Å². The van der Waals surface area contributed by atoms with Crippen LogP contribution in [0.1, 0.15) is 16.7 Å². The van der Waals surface area contributed by atoms with Gasteiger partial charge in [-0.25, -0.2) is 9.37 Å². The maximum atomic E-state index is 13.7. The molecule has 7 heteroatoms. The van der Waals surface area contributed by atoms with Crippen LogP contribution >= 0.6 is 24.0 Å². The molecule has 142 valence electrons. The molecule has 3 rings (SSSR count). The second kappa shape index (κ2) is 10.7. The van der Waals surface area contributed by atoms with Crippen LogP contribution < -0.4 is 10.6 Å². The number of rotatable bonds is 6. The number of imidazole rings is 1. The van der Waals surface area contributed by atoms with E-state index in [4.69, 9.17) is 0 Å². The fraction of sp³-hybridized carbons (Fsp3) is 0.200. The highest BCUT2D eigenvalue weighted by atomic mass is 127. The minimum Gasteiger partial charge on any atom is -0.352 e. The number of hydrogen-bond acceptors (Lipinski definition) is 2. The normalized spacial score (nSPS) is 11.0. The van der Waals surface area contributed by atoms with Crippen molar-refractivity contribution in [3.8, 4) is 0 Å². The van der Waals surface area contributed by atoms with Crippen molar-refractivity contribution in [2.45, 2.75) is 19.6 Å². The van der Waals surface area contributed by atoms with Gasteiger partial charge in [0.05, 0.1) is 6.33 Å². The van der Waals surface area contributed by atoms with Gasteiger partial charge in [0.2, 0.25) is 0 Å². The second-order valence-corrected chi connectivity index (χ2v) is 5.92. The van der Waals surface area contributed by atoms with Crippen molar-refractivity contribution < 1.29 is 4.39 Å². The number of aliphatic imine (C=N–C) groups is 1. The van der Waals surface area contributed by atoms with Gasteiger partial charge in [-0.3, -0.25) is 4.99 Å². The Morgan fingerprint density at radius 3 is 2.41 bits per heavy atom. The first-order valence-corrected chi connectivity index (χ1v) is 8.46. The lowest BCUT2D eigenvalue weighted by atomic mass is 10.1. The average molecular weight is 479 g/mol. The minimum absolute atomic E-state index is 0. The van der Waals surface area contributed by atoms with Gasteiger partial charge in [0.1, 0.15) is 5.82 Å². The summed E-state index contributed by atoms with van der Waals surface area (Å²) in [5.41, 5.74) is 2.97. The molecule has 1 heterocycles. The van der Waals surface area contributed by atoms with E-state index in [1.165, 1.54) is 11.6 Å². The first-order chi connectivity index (χ1) is 12.7. The molecule has 0 atom stereocenters. The lowest BCUT2D eigenvalue weighted by Gasteiger charge is -2.13. The molecule has 0 aliphatic rings. The molecule has 0 unspecified atom stereocenters. The molecule has 0 saturated carbocycles. The largest absolute Gasteiger partial charge is 0.352 e. The van der Waals surface area contributed by atoms with Gasteiger partial charge in [-0.1, -0.05) is 42.5 Å². The molecular weight excluding hydrogens is 456 g/mol. The maximum Gasteiger partial charge on any atom is 0.191 e. The van der Waals surface area contributed by atoms with E-state index in [1.807, 2.05) is 16.8 Å². The first kappa shape index (κ1) is 20.9. The highest BCUT2D eigenvalue weighted by molar-refractivity contribution is 14.0. The summed E-state index contributed by atoms with van der Waals surface area (Å²) >= 11 is 0. The molecule has 0 saturated heterocycles. The Bertz CT molecular complexity index is 847. The zero-order valence-electron chi connectivity index (χ0n) is 15.1. The SMILES string of the molecule is CN=C(NCc1ccc(Cn2ccnc2)cc1)NCc1ccccc1F.I. The molecule has 0 bridgehead atoms. The third-order valence-electron chi connectivity index (χ3n) is 4.03. The lowest BCUT2D eigenvalue weighted by molar-refractivity contribution is 0.604. The Hall–Kier alpha value is -2.42. The summed E-state index contributed by atoms with van der Waals surface area (Å²) < 4.78 is 15.7. The summed E-state index contributed by atoms with van der Waals surface area (Å²) in [6, 6.07) is 15.1. The highest BCUT2D eigenvalue weighted by Crippen LogP contribution is 2.07. The van der Waals surface area contributed by atoms with Crippen molar-refractivity contribution >= 4 is 29.9 Å². The van der Waals surface area contributed by atoms with E-state index in [0.717, 1.165) is 12.1 Å². The van der Waals surface area contributed by atoms with E-state index < -0.39 is 0 Å². The monoisotopic (exact) mass is 479 g/mol. The number of nitrogens with one attached hydrogen (secondary N) is 2. The molecular formula is C20H23FIN5. The van der Waals surface area contributed by atoms with Crippen molar-refractivity contribution in [1.29, 1.82) is 0 Å². The number of guanidine groups is 1. The molecule has 0 aliphatic heterocycles. The molecule has 0 amide bonds. The van der Waals surface area contributed by atoms with Crippen LogP contribution in [0.3, 0.4) is 0 Å². The highest BCUT2D eigenvalue weighted by Gasteiger charge is 2.03. The minimum atomic E-state index is -0.219. The van der Waals surface area contributed by atoms with Gasteiger partial charge in [-0.05, 0) is 17.2 Å². The van der Waals surface area contributed by atoms with Gasteiger partial charge in [-0.15, -0.1) is 24.0 Å². The maximum absolute atomic E-state index is 13.7. The number of benzene rings is 2. The molecule has 5 nitrogen and oxygen atoms in total. The van der Waals surface area contributed by atoms with E-state index in [0.29, 0.717) is 24.6 Å². The summed E-state index contributed by atoms with van der Waals surface area (Å²) in [7, 11) is 1.70. The van der Waals surface area contributed by atoms with E-state index in [2.05, 4.69) is 44.9 Å². The first-order valence-electron chi connectivity index (χ1n) is 8.46. The number of halogens is 2. The van der Waals surface area contributed by atoms with Crippen molar-refractivity contribution in [2.75, 3.05) is 7.05 Å². The smallest absolute Gasteiger partial charge is 0.191 e. The van der Waals surface area contributed by atoms with Crippen LogP contribution in [0, 0.1) is 5.82 Å². The van der Waals surface area contributed by atoms with Gasteiger partial charge in [0.15, 0.2) is 5.96 Å². The van der Waals surface area contributed by atoms with Gasteiger partial charge in [-0.2, -0.15) is 0 Å². The third kappa shape index (κ3) is 6.35. The van der Waals surface area contributed by atoms with Gasteiger partial charge >= 0.3 is 0 Å². The average Bonchev–Trinajstić information content (AvgIpc) is 3.17. The summed E-state index contributed by atoms with van der Waals surface area (Å²) in [6.45, 7) is 1.83. The molecule has 2 aromatic carbocycles. The fourth-order valence-electron chi connectivity index (χ4n) is 2.58. The Labute approximate surface area is 175 Å².